The van der Waals surface area contributed by atoms with Gasteiger partial charge in [-0.1, -0.05) is 11.6 Å². The van der Waals surface area contributed by atoms with Crippen LogP contribution >= 0.6 is 22.9 Å². The van der Waals surface area contributed by atoms with Crippen molar-refractivity contribution in [2.24, 2.45) is 0 Å². The maximum absolute atomic E-state index is 10.8. The van der Waals surface area contributed by atoms with Crippen LogP contribution in [0.5, 0.6) is 0 Å². The molecule has 0 saturated carbocycles. The van der Waals surface area contributed by atoms with E-state index in [0.29, 0.717) is 5.02 Å². The van der Waals surface area contributed by atoms with Crippen molar-refractivity contribution in [3.63, 3.8) is 0 Å². The highest BCUT2D eigenvalue weighted by Gasteiger charge is 2.10. The SMILES string of the molecule is CN(Cc1ccsc1)c1ccc(C(=O)O)cc1Cl. The van der Waals surface area contributed by atoms with E-state index in [0.717, 1.165) is 12.2 Å². The first-order valence-corrected chi connectivity index (χ1v) is 6.65. The predicted octanol–water partition coefficient (Wildman–Crippen LogP) is 3.74. The number of carboxylic acid groups (broad SMARTS) is 1. The number of hydrogen-bond donors (Lipinski definition) is 1. The van der Waals surface area contributed by atoms with Crippen molar-refractivity contribution in [2.45, 2.75) is 6.54 Å². The van der Waals surface area contributed by atoms with Crippen molar-refractivity contribution in [1.29, 1.82) is 0 Å². The third kappa shape index (κ3) is 2.83. The van der Waals surface area contributed by atoms with Crippen LogP contribution in [0.15, 0.2) is 35.0 Å². The van der Waals surface area contributed by atoms with Gasteiger partial charge >= 0.3 is 5.97 Å². The van der Waals surface area contributed by atoms with Crippen molar-refractivity contribution < 1.29 is 9.90 Å². The van der Waals surface area contributed by atoms with E-state index in [1.165, 1.54) is 11.6 Å². The number of thiophene rings is 1. The molecule has 0 aliphatic heterocycles. The molecule has 0 aliphatic rings. The number of benzene rings is 1. The Balaban J connectivity index is 2.20. The first-order chi connectivity index (χ1) is 8.58. The van der Waals surface area contributed by atoms with Gasteiger partial charge in [0.15, 0.2) is 0 Å². The average molecular weight is 282 g/mol. The van der Waals surface area contributed by atoms with Gasteiger partial charge in [0.2, 0.25) is 0 Å². The third-order valence-corrected chi connectivity index (χ3v) is 3.64. The second-order valence-electron chi connectivity index (χ2n) is 3.96. The van der Waals surface area contributed by atoms with Gasteiger partial charge in [0.05, 0.1) is 16.3 Å². The van der Waals surface area contributed by atoms with Gasteiger partial charge in [0, 0.05) is 13.6 Å². The van der Waals surface area contributed by atoms with E-state index in [9.17, 15) is 4.79 Å². The number of hydrogen-bond acceptors (Lipinski definition) is 3. The number of aromatic carboxylic acids is 1. The Morgan fingerprint density at radius 2 is 2.22 bits per heavy atom. The summed E-state index contributed by atoms with van der Waals surface area (Å²) in [6, 6.07) is 6.83. The predicted molar refractivity (Wildman–Crippen MR) is 74.8 cm³/mol. The van der Waals surface area contributed by atoms with Crippen molar-refractivity contribution in [2.75, 3.05) is 11.9 Å². The Morgan fingerprint density at radius 1 is 1.44 bits per heavy atom. The van der Waals surface area contributed by atoms with Crippen LogP contribution in [0, 0.1) is 0 Å². The number of carboxylic acids is 1. The molecule has 1 aromatic carbocycles. The molecule has 5 heteroatoms. The Kier molecular flexibility index (Phi) is 3.89. The lowest BCUT2D eigenvalue weighted by Crippen LogP contribution is -2.16. The Hall–Kier alpha value is -1.52. The lowest BCUT2D eigenvalue weighted by molar-refractivity contribution is 0.0697. The Morgan fingerprint density at radius 3 is 2.78 bits per heavy atom. The summed E-state index contributed by atoms with van der Waals surface area (Å²) < 4.78 is 0. The summed E-state index contributed by atoms with van der Waals surface area (Å²) in [4.78, 5) is 12.8. The van der Waals surface area contributed by atoms with Crippen LogP contribution in [0.4, 0.5) is 5.69 Å². The minimum atomic E-state index is -0.969. The van der Waals surface area contributed by atoms with E-state index in [1.807, 2.05) is 17.3 Å². The molecule has 0 fully saturated rings. The molecule has 0 unspecified atom stereocenters. The van der Waals surface area contributed by atoms with Gasteiger partial charge in [-0.25, -0.2) is 4.79 Å². The van der Waals surface area contributed by atoms with Crippen molar-refractivity contribution >= 4 is 34.6 Å². The topological polar surface area (TPSA) is 40.5 Å². The van der Waals surface area contributed by atoms with Gasteiger partial charge in [-0.15, -0.1) is 0 Å². The zero-order valence-corrected chi connectivity index (χ0v) is 11.3. The summed E-state index contributed by atoms with van der Waals surface area (Å²) in [6.07, 6.45) is 0. The molecule has 0 amide bonds. The minimum Gasteiger partial charge on any atom is -0.478 e. The molecular formula is C13H12ClNO2S. The molecule has 2 rings (SSSR count). The van der Waals surface area contributed by atoms with E-state index in [4.69, 9.17) is 16.7 Å². The molecule has 0 spiro atoms. The van der Waals surface area contributed by atoms with Crippen molar-refractivity contribution in [1.82, 2.24) is 0 Å². The zero-order chi connectivity index (χ0) is 13.1. The van der Waals surface area contributed by atoms with Crippen LogP contribution in [-0.4, -0.2) is 18.1 Å². The van der Waals surface area contributed by atoms with Crippen LogP contribution in [0.25, 0.3) is 0 Å². The van der Waals surface area contributed by atoms with Crippen LogP contribution < -0.4 is 4.90 Å². The van der Waals surface area contributed by atoms with Crippen molar-refractivity contribution in [3.05, 3.63) is 51.2 Å². The largest absolute Gasteiger partial charge is 0.478 e. The maximum atomic E-state index is 10.8. The van der Waals surface area contributed by atoms with Gasteiger partial charge in [0.25, 0.3) is 0 Å². The number of nitrogens with zero attached hydrogens (tertiary/aromatic N) is 1. The monoisotopic (exact) mass is 281 g/mol. The normalized spacial score (nSPS) is 10.3. The summed E-state index contributed by atoms with van der Waals surface area (Å²) in [5, 5.41) is 13.4. The fraction of sp³-hybridized carbons (Fsp3) is 0.154. The lowest BCUT2D eigenvalue weighted by Gasteiger charge is -2.20. The first-order valence-electron chi connectivity index (χ1n) is 5.33. The molecule has 18 heavy (non-hydrogen) atoms. The molecule has 0 radical (unpaired) electrons. The van der Waals surface area contributed by atoms with E-state index in [-0.39, 0.29) is 5.56 Å². The van der Waals surface area contributed by atoms with Gasteiger partial charge in [-0.3, -0.25) is 0 Å². The molecular weight excluding hydrogens is 270 g/mol. The number of halogens is 1. The first kappa shape index (κ1) is 12.9. The highest BCUT2D eigenvalue weighted by molar-refractivity contribution is 7.07. The second kappa shape index (κ2) is 5.42. The number of carbonyl (C=O) groups is 1. The summed E-state index contributed by atoms with van der Waals surface area (Å²) in [7, 11) is 1.93. The molecule has 0 atom stereocenters. The molecule has 1 heterocycles. The van der Waals surface area contributed by atoms with E-state index < -0.39 is 5.97 Å². The Bertz CT molecular complexity index is 554. The summed E-state index contributed by atoms with van der Waals surface area (Å²) in [5.74, 6) is -0.969. The molecule has 1 aromatic heterocycles. The molecule has 0 bridgehead atoms. The molecule has 0 aliphatic carbocycles. The summed E-state index contributed by atoms with van der Waals surface area (Å²) in [6.45, 7) is 0.746. The van der Waals surface area contributed by atoms with Gasteiger partial charge < -0.3 is 10.0 Å². The second-order valence-corrected chi connectivity index (χ2v) is 5.15. The summed E-state index contributed by atoms with van der Waals surface area (Å²) in [5.41, 5.74) is 2.24. The smallest absolute Gasteiger partial charge is 0.335 e. The molecule has 0 saturated heterocycles. The van der Waals surface area contributed by atoms with Crippen LogP contribution in [-0.2, 0) is 6.54 Å². The maximum Gasteiger partial charge on any atom is 0.335 e. The molecule has 2 aromatic rings. The third-order valence-electron chi connectivity index (χ3n) is 2.61. The minimum absolute atomic E-state index is 0.202. The lowest BCUT2D eigenvalue weighted by atomic mass is 10.2. The highest BCUT2D eigenvalue weighted by atomic mass is 35.5. The molecule has 94 valence electrons. The van der Waals surface area contributed by atoms with Crippen LogP contribution in [0.2, 0.25) is 5.02 Å². The highest BCUT2D eigenvalue weighted by Crippen LogP contribution is 2.27. The fourth-order valence-electron chi connectivity index (χ4n) is 1.69. The number of rotatable bonds is 4. The fourth-order valence-corrected chi connectivity index (χ4v) is 2.68. The van der Waals surface area contributed by atoms with Gasteiger partial charge in [-0.05, 0) is 40.6 Å². The standard InChI is InChI=1S/C13H12ClNO2S/c1-15(7-9-4-5-18-8-9)12-3-2-10(13(16)17)6-11(12)14/h2-6,8H,7H2,1H3,(H,16,17). The quantitative estimate of drug-likeness (QED) is 0.928. The average Bonchev–Trinajstić information content (AvgIpc) is 2.81. The van der Waals surface area contributed by atoms with E-state index >= 15 is 0 Å². The van der Waals surface area contributed by atoms with Gasteiger partial charge in [-0.2, -0.15) is 11.3 Å². The van der Waals surface area contributed by atoms with Crippen molar-refractivity contribution in [3.8, 4) is 0 Å². The number of anilines is 1. The summed E-state index contributed by atoms with van der Waals surface area (Å²) >= 11 is 7.76. The Labute approximate surface area is 114 Å². The van der Waals surface area contributed by atoms with Gasteiger partial charge in [0.1, 0.15) is 0 Å². The van der Waals surface area contributed by atoms with E-state index in [1.54, 1.807) is 23.5 Å². The molecule has 3 nitrogen and oxygen atoms in total. The van der Waals surface area contributed by atoms with Crippen LogP contribution in [0.1, 0.15) is 15.9 Å². The molecule has 1 N–H and O–H groups in total. The van der Waals surface area contributed by atoms with E-state index in [2.05, 4.69) is 11.4 Å². The zero-order valence-electron chi connectivity index (χ0n) is 9.76. The van der Waals surface area contributed by atoms with Crippen LogP contribution in [0.3, 0.4) is 0 Å².